The topological polar surface area (TPSA) is 98.4 Å². The first-order valence-electron chi connectivity index (χ1n) is 11.1. The first kappa shape index (κ1) is 24.4. The van der Waals surface area contributed by atoms with Crippen molar-refractivity contribution in [1.82, 2.24) is 29.5 Å². The van der Waals surface area contributed by atoms with E-state index in [0.29, 0.717) is 39.1 Å². The molecule has 5 aromatic rings. The van der Waals surface area contributed by atoms with Crippen LogP contribution in [0.5, 0.6) is 11.5 Å². The van der Waals surface area contributed by atoms with Gasteiger partial charge in [0.2, 0.25) is 5.91 Å². The lowest BCUT2D eigenvalue weighted by Crippen LogP contribution is -2.31. The second-order valence-corrected chi connectivity index (χ2v) is 8.45. The third-order valence-electron chi connectivity index (χ3n) is 5.38. The van der Waals surface area contributed by atoms with E-state index in [1.807, 2.05) is 18.2 Å². The van der Waals surface area contributed by atoms with Crippen LogP contribution in [0.4, 0.5) is 24.7 Å². The third-order valence-corrected chi connectivity index (χ3v) is 5.67. The maximum Gasteiger partial charge on any atom is 0.397 e. The van der Waals surface area contributed by atoms with E-state index in [1.165, 1.54) is 6.33 Å². The van der Waals surface area contributed by atoms with Crippen molar-refractivity contribution in [2.45, 2.75) is 19.1 Å². The van der Waals surface area contributed by atoms with E-state index >= 15 is 0 Å². The van der Waals surface area contributed by atoms with E-state index in [-0.39, 0.29) is 13.1 Å². The van der Waals surface area contributed by atoms with Crippen LogP contribution in [0.25, 0.3) is 16.6 Å². The van der Waals surface area contributed by atoms with Gasteiger partial charge < -0.3 is 19.9 Å². The lowest BCUT2D eigenvalue weighted by molar-refractivity contribution is -0.153. The number of nitrogens with zero attached hydrogens (tertiary/aromatic N) is 5. The van der Waals surface area contributed by atoms with Gasteiger partial charge in [0.25, 0.3) is 0 Å². The average Bonchev–Trinajstić information content (AvgIpc) is 3.47. The normalized spacial score (nSPS) is 11.7. The summed E-state index contributed by atoms with van der Waals surface area (Å²) in [7, 11) is 0. The van der Waals surface area contributed by atoms with E-state index in [0.717, 1.165) is 5.52 Å². The maximum absolute atomic E-state index is 12.4. The molecule has 0 aliphatic rings. The van der Waals surface area contributed by atoms with Gasteiger partial charge in [0, 0.05) is 31.2 Å². The predicted molar refractivity (Wildman–Crippen MR) is 131 cm³/mol. The maximum atomic E-state index is 12.4. The molecule has 9 nitrogen and oxygen atoms in total. The van der Waals surface area contributed by atoms with Crippen LogP contribution in [0.15, 0.2) is 67.4 Å². The molecular formula is C24H19ClF3N7O2. The standard InChI is InChI=1S/C24H19ClF3N7O2/c25-18-11-15(1-4-20(18)37-17-3-2-16-5-7-32-35(16)13-17)33-23-22-19(30-14-31-23)6-9-34(22)10-8-29-21(36)12-24(26,27)28/h1-7,9,11,13-14H,8,10,12H2,(H,29,36)(H,30,31,33). The fourth-order valence-electron chi connectivity index (χ4n) is 3.75. The number of hydrogen-bond acceptors (Lipinski definition) is 6. The lowest BCUT2D eigenvalue weighted by atomic mass is 10.3. The van der Waals surface area contributed by atoms with Gasteiger partial charge >= 0.3 is 6.18 Å². The Kier molecular flexibility index (Phi) is 6.57. The number of hydrogen-bond donors (Lipinski definition) is 2. The van der Waals surface area contributed by atoms with Crippen molar-refractivity contribution in [1.29, 1.82) is 0 Å². The summed E-state index contributed by atoms with van der Waals surface area (Å²) in [6.07, 6.45) is 0.482. The van der Waals surface area contributed by atoms with Crippen LogP contribution in [-0.2, 0) is 11.3 Å². The Morgan fingerprint density at radius 1 is 1.11 bits per heavy atom. The number of anilines is 2. The summed E-state index contributed by atoms with van der Waals surface area (Å²) in [5.41, 5.74) is 2.81. The molecule has 0 atom stereocenters. The lowest BCUT2D eigenvalue weighted by Gasteiger charge is -2.13. The van der Waals surface area contributed by atoms with E-state index < -0.39 is 18.5 Å². The molecule has 1 amide bonds. The van der Waals surface area contributed by atoms with Crippen LogP contribution in [-0.4, -0.2) is 42.8 Å². The zero-order valence-electron chi connectivity index (χ0n) is 19.0. The van der Waals surface area contributed by atoms with Crippen molar-refractivity contribution in [3.63, 3.8) is 0 Å². The number of alkyl halides is 3. The summed E-state index contributed by atoms with van der Waals surface area (Å²) in [6, 6.07) is 12.5. The highest BCUT2D eigenvalue weighted by molar-refractivity contribution is 6.32. The first-order valence-corrected chi connectivity index (χ1v) is 11.4. The summed E-state index contributed by atoms with van der Waals surface area (Å²) in [6.45, 7) is 0.235. The highest BCUT2D eigenvalue weighted by Crippen LogP contribution is 2.33. The van der Waals surface area contributed by atoms with Gasteiger partial charge in [0.15, 0.2) is 5.82 Å². The van der Waals surface area contributed by atoms with Crippen LogP contribution in [0.2, 0.25) is 5.02 Å². The van der Waals surface area contributed by atoms with Crippen molar-refractivity contribution < 1.29 is 22.7 Å². The predicted octanol–water partition coefficient (Wildman–Crippen LogP) is 5.34. The quantitative estimate of drug-likeness (QED) is 0.282. The molecule has 4 aromatic heterocycles. The molecule has 13 heteroatoms. The van der Waals surface area contributed by atoms with Crippen molar-refractivity contribution in [2.75, 3.05) is 11.9 Å². The van der Waals surface area contributed by atoms with Crippen molar-refractivity contribution in [3.05, 3.63) is 72.4 Å². The fraction of sp³-hybridized carbons (Fsp3) is 0.167. The minimum Gasteiger partial charge on any atom is -0.454 e. The van der Waals surface area contributed by atoms with Gasteiger partial charge in [-0.1, -0.05) is 11.6 Å². The van der Waals surface area contributed by atoms with Crippen LogP contribution in [0.1, 0.15) is 6.42 Å². The minimum atomic E-state index is -4.55. The molecule has 0 bridgehead atoms. The number of ether oxygens (including phenoxy) is 1. The minimum absolute atomic E-state index is 0.00914. The highest BCUT2D eigenvalue weighted by atomic mass is 35.5. The Morgan fingerprint density at radius 3 is 2.78 bits per heavy atom. The Balaban J connectivity index is 1.29. The first-order chi connectivity index (χ1) is 17.7. The van der Waals surface area contributed by atoms with Crippen molar-refractivity contribution in [3.8, 4) is 11.5 Å². The molecule has 0 saturated heterocycles. The third kappa shape index (κ3) is 5.75. The molecule has 0 spiro atoms. The van der Waals surface area contributed by atoms with Gasteiger partial charge in [-0.15, -0.1) is 0 Å². The second kappa shape index (κ2) is 9.97. The molecule has 190 valence electrons. The van der Waals surface area contributed by atoms with Crippen LogP contribution in [0, 0.1) is 0 Å². The highest BCUT2D eigenvalue weighted by Gasteiger charge is 2.30. The molecular weight excluding hydrogens is 511 g/mol. The van der Waals surface area contributed by atoms with Gasteiger partial charge in [-0.05, 0) is 42.5 Å². The monoisotopic (exact) mass is 529 g/mol. The Labute approximate surface area is 212 Å². The van der Waals surface area contributed by atoms with Crippen LogP contribution in [0.3, 0.4) is 0 Å². The Bertz CT molecular complexity index is 1580. The summed E-state index contributed by atoms with van der Waals surface area (Å²) in [5.74, 6) is 0.395. The van der Waals surface area contributed by atoms with E-state index in [1.54, 1.807) is 51.9 Å². The number of carbonyl (C=O) groups excluding carboxylic acids is 1. The average molecular weight is 530 g/mol. The molecule has 0 aliphatic carbocycles. The van der Waals surface area contributed by atoms with Gasteiger partial charge in [-0.2, -0.15) is 18.3 Å². The van der Waals surface area contributed by atoms with Crippen LogP contribution >= 0.6 is 11.6 Å². The Hall–Kier alpha value is -4.32. The number of fused-ring (bicyclic) bond motifs is 2. The van der Waals surface area contributed by atoms with Gasteiger partial charge in [0.05, 0.1) is 22.3 Å². The molecule has 0 unspecified atom stereocenters. The number of nitrogens with one attached hydrogen (secondary N) is 2. The van der Waals surface area contributed by atoms with E-state index in [2.05, 4.69) is 25.7 Å². The molecule has 0 aliphatic heterocycles. The largest absolute Gasteiger partial charge is 0.454 e. The Morgan fingerprint density at radius 2 is 1.97 bits per heavy atom. The van der Waals surface area contributed by atoms with Crippen LogP contribution < -0.4 is 15.4 Å². The van der Waals surface area contributed by atoms with E-state index in [9.17, 15) is 18.0 Å². The molecule has 37 heavy (non-hydrogen) atoms. The summed E-state index contributed by atoms with van der Waals surface area (Å²) in [5, 5.41) is 10.0. The van der Waals surface area contributed by atoms with Gasteiger partial charge in [-0.3, -0.25) is 4.79 Å². The van der Waals surface area contributed by atoms with Gasteiger partial charge in [0.1, 0.15) is 29.8 Å². The summed E-state index contributed by atoms with van der Waals surface area (Å²) < 4.78 is 46.5. The molecule has 4 heterocycles. The zero-order chi connectivity index (χ0) is 26.0. The van der Waals surface area contributed by atoms with E-state index in [4.69, 9.17) is 16.3 Å². The smallest absolute Gasteiger partial charge is 0.397 e. The number of rotatable bonds is 8. The summed E-state index contributed by atoms with van der Waals surface area (Å²) >= 11 is 6.47. The number of pyridine rings is 1. The number of aromatic nitrogens is 5. The second-order valence-electron chi connectivity index (χ2n) is 8.04. The SMILES string of the molecule is O=C(CC(F)(F)F)NCCn1ccc2ncnc(Nc3ccc(Oc4ccc5ccnn5c4)c(Cl)c3)c21. The number of benzene rings is 1. The fourth-order valence-corrected chi connectivity index (χ4v) is 3.97. The molecule has 1 aromatic carbocycles. The number of halogens is 4. The summed E-state index contributed by atoms with van der Waals surface area (Å²) in [4.78, 5) is 20.0. The molecule has 5 rings (SSSR count). The zero-order valence-corrected chi connectivity index (χ0v) is 19.8. The molecule has 0 fully saturated rings. The molecule has 0 radical (unpaired) electrons. The van der Waals surface area contributed by atoms with Crippen molar-refractivity contribution >= 4 is 45.6 Å². The molecule has 2 N–H and O–H groups in total. The number of amides is 1. The van der Waals surface area contributed by atoms with Crippen molar-refractivity contribution in [2.24, 2.45) is 0 Å². The van der Waals surface area contributed by atoms with Gasteiger partial charge in [-0.25, -0.2) is 14.5 Å². The number of carbonyl (C=O) groups is 1. The molecule has 0 saturated carbocycles.